The summed E-state index contributed by atoms with van der Waals surface area (Å²) < 4.78 is 14.3. The van der Waals surface area contributed by atoms with Crippen LogP contribution < -0.4 is 0 Å². The zero-order valence-corrected chi connectivity index (χ0v) is 19.7. The molecule has 1 fully saturated rings. The van der Waals surface area contributed by atoms with E-state index >= 15 is 0 Å². The fourth-order valence-electron chi connectivity index (χ4n) is 3.45. The van der Waals surface area contributed by atoms with E-state index in [9.17, 15) is 0 Å². The average molecular weight is 417 g/mol. The highest BCUT2D eigenvalue weighted by Gasteiger charge is 2.51. The molecule has 4 rings (SSSR count). The monoisotopic (exact) mass is 417 g/mol. The molecule has 0 radical (unpaired) electrons. The van der Waals surface area contributed by atoms with Crippen molar-refractivity contribution >= 4 is 35.6 Å². The van der Waals surface area contributed by atoms with Crippen molar-refractivity contribution in [2.24, 2.45) is 0 Å². The molecule has 0 N–H and O–H groups in total. The Balaban J connectivity index is 0.00000132. The number of hydrogen-bond acceptors (Lipinski definition) is 4. The van der Waals surface area contributed by atoms with Crippen molar-refractivity contribution in [1.29, 1.82) is 0 Å². The van der Waals surface area contributed by atoms with Crippen LogP contribution in [-0.2, 0) is 9.31 Å². The number of pyridine rings is 2. The zero-order chi connectivity index (χ0) is 23.0. The maximum Gasteiger partial charge on any atom is 0.490 e. The SMILES string of the molecule is C=Cc1cc2nc3ccccn3c2nc1C(=C)/C=C(\C)B1OC(C)(C)C(C)(C)O1.CC. The lowest BCUT2D eigenvalue weighted by Crippen LogP contribution is -2.41. The zero-order valence-electron chi connectivity index (χ0n) is 19.7. The van der Waals surface area contributed by atoms with Crippen LogP contribution in [-0.4, -0.2) is 32.7 Å². The smallest absolute Gasteiger partial charge is 0.400 e. The maximum absolute atomic E-state index is 6.15. The van der Waals surface area contributed by atoms with Crippen molar-refractivity contribution in [2.75, 3.05) is 0 Å². The molecule has 162 valence electrons. The second-order valence-corrected chi connectivity index (χ2v) is 8.52. The summed E-state index contributed by atoms with van der Waals surface area (Å²) in [5, 5.41) is 0. The van der Waals surface area contributed by atoms with Crippen LogP contribution in [0.2, 0.25) is 0 Å². The van der Waals surface area contributed by atoms with Crippen LogP contribution in [0.25, 0.3) is 28.5 Å². The van der Waals surface area contributed by atoms with Gasteiger partial charge in [-0.1, -0.05) is 45.2 Å². The molecule has 3 aromatic rings. The Morgan fingerprint density at radius 1 is 1.10 bits per heavy atom. The molecular formula is C25H32BN3O2. The highest BCUT2D eigenvalue weighted by Crippen LogP contribution is 2.39. The first kappa shape index (κ1) is 23.0. The van der Waals surface area contributed by atoms with E-state index in [2.05, 4.69) is 18.1 Å². The number of nitrogens with zero attached hydrogens (tertiary/aromatic N) is 3. The third-order valence-corrected chi connectivity index (χ3v) is 5.87. The molecule has 31 heavy (non-hydrogen) atoms. The van der Waals surface area contributed by atoms with Crippen LogP contribution in [0.3, 0.4) is 0 Å². The summed E-state index contributed by atoms with van der Waals surface area (Å²) in [5.41, 5.74) is 5.11. The fraction of sp³-hybridized carbons (Fsp3) is 0.360. The van der Waals surface area contributed by atoms with Gasteiger partial charge < -0.3 is 9.31 Å². The van der Waals surface area contributed by atoms with Crippen molar-refractivity contribution < 1.29 is 9.31 Å². The minimum Gasteiger partial charge on any atom is -0.400 e. The Kier molecular flexibility index (Phi) is 6.26. The molecule has 0 spiro atoms. The van der Waals surface area contributed by atoms with E-state index < -0.39 is 7.12 Å². The molecule has 0 amide bonds. The van der Waals surface area contributed by atoms with E-state index in [-0.39, 0.29) is 11.2 Å². The number of fused-ring (bicyclic) bond motifs is 3. The van der Waals surface area contributed by atoms with Gasteiger partial charge in [-0.2, -0.15) is 0 Å². The quantitative estimate of drug-likeness (QED) is 0.378. The molecule has 5 nitrogen and oxygen atoms in total. The van der Waals surface area contributed by atoms with Crippen LogP contribution in [0.15, 0.2) is 55.2 Å². The number of allylic oxidation sites excluding steroid dienone is 3. The second kappa shape index (κ2) is 8.44. The molecule has 0 aliphatic carbocycles. The standard InChI is InChI=1S/C23H26BN3O2.C2H6/c1-8-17-14-18-21(27-12-10-9-11-19(27)25-18)26-20(17)15(2)13-16(3)24-28-22(4,5)23(6,7)29-24;1-2/h8-14H,1-2H2,3-7H3;1-2H3/b16-13+;. The maximum atomic E-state index is 6.15. The molecule has 4 heterocycles. The van der Waals surface area contributed by atoms with Gasteiger partial charge in [0.25, 0.3) is 0 Å². The number of rotatable bonds is 4. The van der Waals surface area contributed by atoms with E-state index in [0.29, 0.717) is 0 Å². The van der Waals surface area contributed by atoms with Gasteiger partial charge in [-0.3, -0.25) is 4.40 Å². The molecule has 0 unspecified atom stereocenters. The number of hydrogen-bond donors (Lipinski definition) is 0. The van der Waals surface area contributed by atoms with Gasteiger partial charge in [-0.25, -0.2) is 9.97 Å². The molecule has 1 saturated heterocycles. The van der Waals surface area contributed by atoms with Crippen molar-refractivity contribution in [2.45, 2.75) is 59.7 Å². The molecule has 1 aliphatic rings. The average Bonchev–Trinajstić information content (AvgIpc) is 3.21. The number of aromatic nitrogens is 3. The Bertz CT molecular complexity index is 1160. The van der Waals surface area contributed by atoms with Gasteiger partial charge in [-0.05, 0) is 63.9 Å². The normalized spacial score (nSPS) is 17.5. The van der Waals surface area contributed by atoms with Crippen LogP contribution >= 0.6 is 0 Å². The summed E-state index contributed by atoms with van der Waals surface area (Å²) in [6, 6.07) is 7.90. The molecule has 1 aliphatic heterocycles. The van der Waals surface area contributed by atoms with E-state index in [1.807, 2.05) is 89.4 Å². The van der Waals surface area contributed by atoms with Crippen LogP contribution in [0.5, 0.6) is 0 Å². The molecule has 0 saturated carbocycles. The van der Waals surface area contributed by atoms with Crippen LogP contribution in [0.4, 0.5) is 0 Å². The van der Waals surface area contributed by atoms with Gasteiger partial charge in [0.15, 0.2) is 5.65 Å². The largest absolute Gasteiger partial charge is 0.490 e. The number of imidazole rings is 1. The molecule has 6 heteroatoms. The highest BCUT2D eigenvalue weighted by atomic mass is 16.7. The Hall–Kier alpha value is -2.70. The molecular weight excluding hydrogens is 385 g/mol. The summed E-state index contributed by atoms with van der Waals surface area (Å²) >= 11 is 0. The Labute approximate surface area is 185 Å². The van der Waals surface area contributed by atoms with Gasteiger partial charge >= 0.3 is 7.12 Å². The van der Waals surface area contributed by atoms with Crippen LogP contribution in [0.1, 0.15) is 59.7 Å². The lowest BCUT2D eigenvalue weighted by atomic mass is 9.78. The third-order valence-electron chi connectivity index (χ3n) is 5.87. The summed E-state index contributed by atoms with van der Waals surface area (Å²) in [5.74, 6) is 0. The van der Waals surface area contributed by atoms with Crippen LogP contribution in [0, 0.1) is 0 Å². The Morgan fingerprint density at radius 2 is 1.74 bits per heavy atom. The summed E-state index contributed by atoms with van der Waals surface area (Å²) in [6.07, 6.45) is 5.73. The van der Waals surface area contributed by atoms with Crippen molar-refractivity contribution in [3.63, 3.8) is 0 Å². The van der Waals surface area contributed by atoms with E-state index in [4.69, 9.17) is 14.3 Å². The molecule has 0 bridgehead atoms. The minimum atomic E-state index is -0.413. The summed E-state index contributed by atoms with van der Waals surface area (Å²) in [7, 11) is -0.413. The molecule has 0 aromatic carbocycles. The first-order valence-corrected chi connectivity index (χ1v) is 10.8. The fourth-order valence-corrected chi connectivity index (χ4v) is 3.45. The highest BCUT2D eigenvalue weighted by molar-refractivity contribution is 6.54. The van der Waals surface area contributed by atoms with Gasteiger partial charge in [-0.15, -0.1) is 0 Å². The second-order valence-electron chi connectivity index (χ2n) is 8.52. The van der Waals surface area contributed by atoms with Gasteiger partial charge in [0.1, 0.15) is 11.2 Å². The topological polar surface area (TPSA) is 48.7 Å². The van der Waals surface area contributed by atoms with Gasteiger partial charge in [0, 0.05) is 11.8 Å². The van der Waals surface area contributed by atoms with E-state index in [1.165, 1.54) is 0 Å². The third kappa shape index (κ3) is 4.10. The van der Waals surface area contributed by atoms with Gasteiger partial charge in [0.2, 0.25) is 0 Å². The van der Waals surface area contributed by atoms with E-state index in [1.54, 1.807) is 6.08 Å². The lowest BCUT2D eigenvalue weighted by molar-refractivity contribution is 0.00578. The predicted octanol–water partition coefficient (Wildman–Crippen LogP) is 6.14. The summed E-state index contributed by atoms with van der Waals surface area (Å²) in [6.45, 7) is 22.4. The van der Waals surface area contributed by atoms with Crippen molar-refractivity contribution in [1.82, 2.24) is 14.4 Å². The minimum absolute atomic E-state index is 0.381. The first-order valence-electron chi connectivity index (χ1n) is 10.8. The van der Waals surface area contributed by atoms with Gasteiger partial charge in [0.05, 0.1) is 16.9 Å². The Morgan fingerprint density at radius 3 is 2.35 bits per heavy atom. The lowest BCUT2D eigenvalue weighted by Gasteiger charge is -2.32. The molecule has 0 atom stereocenters. The van der Waals surface area contributed by atoms with Crippen molar-refractivity contribution in [3.8, 4) is 0 Å². The summed E-state index contributed by atoms with van der Waals surface area (Å²) in [4.78, 5) is 9.52. The first-order chi connectivity index (χ1) is 14.6. The molecule has 3 aromatic heterocycles. The predicted molar refractivity (Wildman–Crippen MR) is 131 cm³/mol. The van der Waals surface area contributed by atoms with E-state index in [0.717, 1.165) is 39.1 Å². The van der Waals surface area contributed by atoms with Crippen molar-refractivity contribution in [3.05, 3.63) is 66.4 Å².